The molecule has 39 heavy (non-hydrogen) atoms. The lowest BCUT2D eigenvalue weighted by Crippen LogP contribution is -2.42. The number of hydrogen-bond acceptors (Lipinski definition) is 7. The van der Waals surface area contributed by atoms with E-state index in [1.165, 1.54) is 0 Å². The van der Waals surface area contributed by atoms with Gasteiger partial charge in [0.1, 0.15) is 5.52 Å². The van der Waals surface area contributed by atoms with Gasteiger partial charge in [-0.1, -0.05) is 13.0 Å². The topological polar surface area (TPSA) is 102 Å². The Kier molecular flexibility index (Phi) is 6.62. The molecule has 0 saturated carbocycles. The lowest BCUT2D eigenvalue weighted by Gasteiger charge is -2.34. The molecule has 4 aromatic heterocycles. The fourth-order valence-electron chi connectivity index (χ4n) is 5.33. The first kappa shape index (κ1) is 24.9. The van der Waals surface area contributed by atoms with Gasteiger partial charge < -0.3 is 24.7 Å². The number of amides is 1. The van der Waals surface area contributed by atoms with Crippen LogP contribution in [-0.4, -0.2) is 55.7 Å². The molecule has 2 N–H and O–H groups in total. The summed E-state index contributed by atoms with van der Waals surface area (Å²) >= 11 is 0. The Bertz CT molecular complexity index is 1630. The van der Waals surface area contributed by atoms with E-state index in [1.54, 1.807) is 23.0 Å². The van der Waals surface area contributed by atoms with Crippen molar-refractivity contribution in [2.45, 2.75) is 32.7 Å². The highest BCUT2D eigenvalue weighted by atomic mass is 16.5. The first-order chi connectivity index (χ1) is 19.0. The second kappa shape index (κ2) is 10.4. The summed E-state index contributed by atoms with van der Waals surface area (Å²) in [6, 6.07) is 11.7. The van der Waals surface area contributed by atoms with Crippen LogP contribution in [0.25, 0.3) is 16.6 Å². The van der Waals surface area contributed by atoms with E-state index in [-0.39, 0.29) is 5.91 Å². The molecule has 200 valence electrons. The van der Waals surface area contributed by atoms with Crippen molar-refractivity contribution in [2.75, 3.05) is 29.9 Å². The van der Waals surface area contributed by atoms with Crippen LogP contribution in [0.1, 0.15) is 35.8 Å². The SMILES string of the molecule is CCNC1CCN(c2ccc(C(=O)Nc3cc(Oc4ccccn4)c4nc(C)cn4c3)c3nn(C)cc23)CC1. The molecule has 5 heterocycles. The summed E-state index contributed by atoms with van der Waals surface area (Å²) in [7, 11) is 1.89. The summed E-state index contributed by atoms with van der Waals surface area (Å²) in [5.41, 5.74) is 4.38. The van der Waals surface area contributed by atoms with E-state index in [1.807, 2.05) is 61.2 Å². The number of ether oxygens (including phenoxy) is 1. The molecule has 5 aromatic rings. The van der Waals surface area contributed by atoms with Crippen molar-refractivity contribution in [1.82, 2.24) is 29.5 Å². The van der Waals surface area contributed by atoms with Crippen molar-refractivity contribution in [2.24, 2.45) is 7.05 Å². The smallest absolute Gasteiger partial charge is 0.257 e. The summed E-state index contributed by atoms with van der Waals surface area (Å²) in [6.45, 7) is 6.99. The van der Waals surface area contributed by atoms with Crippen LogP contribution in [0.15, 0.2) is 61.2 Å². The fraction of sp³-hybridized carbons (Fsp3) is 0.310. The van der Waals surface area contributed by atoms with Gasteiger partial charge in [0, 0.05) is 74.2 Å². The molecule has 1 saturated heterocycles. The molecule has 0 unspecified atom stereocenters. The number of aromatic nitrogens is 5. The van der Waals surface area contributed by atoms with E-state index >= 15 is 0 Å². The van der Waals surface area contributed by atoms with Gasteiger partial charge in [0.15, 0.2) is 11.4 Å². The van der Waals surface area contributed by atoms with E-state index in [0.29, 0.717) is 40.1 Å². The molecule has 1 aromatic carbocycles. The molecule has 10 nitrogen and oxygen atoms in total. The summed E-state index contributed by atoms with van der Waals surface area (Å²) in [6.07, 6.45) is 9.57. The Morgan fingerprint density at radius 2 is 1.97 bits per heavy atom. The van der Waals surface area contributed by atoms with Crippen LogP contribution in [0.2, 0.25) is 0 Å². The zero-order valence-electron chi connectivity index (χ0n) is 22.4. The quantitative estimate of drug-likeness (QED) is 0.322. The third-order valence-electron chi connectivity index (χ3n) is 7.09. The third kappa shape index (κ3) is 5.03. The van der Waals surface area contributed by atoms with Gasteiger partial charge in [-0.25, -0.2) is 9.97 Å². The van der Waals surface area contributed by atoms with Crippen LogP contribution in [0.4, 0.5) is 11.4 Å². The summed E-state index contributed by atoms with van der Waals surface area (Å²) in [5, 5.41) is 12.3. The lowest BCUT2D eigenvalue weighted by atomic mass is 10.0. The normalized spacial score (nSPS) is 14.3. The van der Waals surface area contributed by atoms with Crippen LogP contribution in [-0.2, 0) is 7.05 Å². The van der Waals surface area contributed by atoms with E-state index in [9.17, 15) is 4.79 Å². The number of nitrogens with zero attached hydrogens (tertiary/aromatic N) is 6. The maximum atomic E-state index is 13.6. The molecule has 1 aliphatic heterocycles. The predicted octanol–water partition coefficient (Wildman–Crippen LogP) is 4.55. The van der Waals surface area contributed by atoms with Gasteiger partial charge in [-0.3, -0.25) is 9.48 Å². The Morgan fingerprint density at radius 1 is 1.13 bits per heavy atom. The summed E-state index contributed by atoms with van der Waals surface area (Å²) in [5.74, 6) is 0.707. The largest absolute Gasteiger partial charge is 0.435 e. The van der Waals surface area contributed by atoms with Crippen LogP contribution >= 0.6 is 0 Å². The molecule has 0 atom stereocenters. The summed E-state index contributed by atoms with van der Waals surface area (Å²) < 4.78 is 9.66. The number of pyridine rings is 2. The highest BCUT2D eigenvalue weighted by Crippen LogP contribution is 2.32. The first-order valence-electron chi connectivity index (χ1n) is 13.3. The zero-order valence-corrected chi connectivity index (χ0v) is 22.4. The van der Waals surface area contributed by atoms with Crippen molar-refractivity contribution in [3.05, 3.63) is 72.4 Å². The second-order valence-electron chi connectivity index (χ2n) is 9.95. The third-order valence-corrected chi connectivity index (χ3v) is 7.09. The van der Waals surface area contributed by atoms with E-state index in [2.05, 4.69) is 37.5 Å². The van der Waals surface area contributed by atoms with Crippen molar-refractivity contribution in [3.63, 3.8) is 0 Å². The molecular formula is C29H32N8O2. The number of anilines is 2. The van der Waals surface area contributed by atoms with E-state index < -0.39 is 0 Å². The van der Waals surface area contributed by atoms with Gasteiger partial charge in [-0.2, -0.15) is 5.10 Å². The summed E-state index contributed by atoms with van der Waals surface area (Å²) in [4.78, 5) is 24.8. The van der Waals surface area contributed by atoms with E-state index in [0.717, 1.165) is 49.2 Å². The Labute approximate surface area is 226 Å². The standard InChI is InChI=1S/C29H32N8O2/c1-4-30-20-10-13-36(14-11-20)24-9-8-22(27-23(24)18-35(3)34-27)29(38)33-21-15-25(39-26-7-5-6-12-31-26)28-32-19(2)16-37(28)17-21/h5-9,12,15-18,20,30H,4,10-11,13-14H2,1-3H3,(H,33,38). The molecule has 0 spiro atoms. The van der Waals surface area contributed by atoms with Gasteiger partial charge in [0.25, 0.3) is 5.91 Å². The number of nitrogens with one attached hydrogen (secondary N) is 2. The molecular weight excluding hydrogens is 492 g/mol. The number of imidazole rings is 1. The minimum Gasteiger partial charge on any atom is -0.435 e. The highest BCUT2D eigenvalue weighted by molar-refractivity contribution is 6.14. The van der Waals surface area contributed by atoms with Gasteiger partial charge in [0.2, 0.25) is 5.88 Å². The minimum atomic E-state index is -0.240. The molecule has 1 fully saturated rings. The zero-order chi connectivity index (χ0) is 26.9. The number of fused-ring (bicyclic) bond motifs is 2. The maximum absolute atomic E-state index is 13.6. The maximum Gasteiger partial charge on any atom is 0.257 e. The van der Waals surface area contributed by atoms with Crippen LogP contribution in [0, 0.1) is 6.92 Å². The van der Waals surface area contributed by atoms with E-state index in [4.69, 9.17) is 4.74 Å². The van der Waals surface area contributed by atoms with Crippen LogP contribution < -0.4 is 20.3 Å². The number of piperidine rings is 1. The molecule has 6 rings (SSSR count). The number of carbonyl (C=O) groups is 1. The number of benzene rings is 1. The van der Waals surface area contributed by atoms with Crippen LogP contribution in [0.5, 0.6) is 11.6 Å². The van der Waals surface area contributed by atoms with Crippen molar-refractivity contribution < 1.29 is 9.53 Å². The Hall–Kier alpha value is -4.44. The van der Waals surface area contributed by atoms with Crippen molar-refractivity contribution >= 4 is 33.8 Å². The van der Waals surface area contributed by atoms with Crippen molar-refractivity contribution in [3.8, 4) is 11.6 Å². The number of aryl methyl sites for hydroxylation is 2. The molecule has 0 aliphatic carbocycles. The molecule has 10 heteroatoms. The monoisotopic (exact) mass is 524 g/mol. The van der Waals surface area contributed by atoms with Gasteiger partial charge in [-0.15, -0.1) is 0 Å². The second-order valence-corrected chi connectivity index (χ2v) is 9.95. The van der Waals surface area contributed by atoms with Gasteiger partial charge in [-0.05, 0) is 44.5 Å². The average molecular weight is 525 g/mol. The number of rotatable bonds is 7. The first-order valence-corrected chi connectivity index (χ1v) is 13.3. The molecule has 1 aliphatic rings. The number of carbonyl (C=O) groups excluding carboxylic acids is 1. The molecule has 1 amide bonds. The Morgan fingerprint density at radius 3 is 2.74 bits per heavy atom. The average Bonchev–Trinajstić information content (AvgIpc) is 3.51. The fourth-order valence-corrected chi connectivity index (χ4v) is 5.33. The van der Waals surface area contributed by atoms with Crippen LogP contribution in [0.3, 0.4) is 0 Å². The lowest BCUT2D eigenvalue weighted by molar-refractivity contribution is 0.102. The van der Waals surface area contributed by atoms with Gasteiger partial charge >= 0.3 is 0 Å². The predicted molar refractivity (Wildman–Crippen MR) is 152 cm³/mol. The Balaban J connectivity index is 1.29. The molecule has 0 bridgehead atoms. The number of hydrogen-bond donors (Lipinski definition) is 2. The highest BCUT2D eigenvalue weighted by Gasteiger charge is 2.23. The van der Waals surface area contributed by atoms with Crippen molar-refractivity contribution in [1.29, 1.82) is 0 Å². The molecule has 0 radical (unpaired) electrons. The minimum absolute atomic E-state index is 0.240. The van der Waals surface area contributed by atoms with Gasteiger partial charge in [0.05, 0.1) is 16.9 Å².